The Hall–Kier alpha value is -0.660. The minimum absolute atomic E-state index is 0.219. The Labute approximate surface area is 141 Å². The minimum atomic E-state index is -3.35. The van der Waals surface area contributed by atoms with Crippen LogP contribution < -0.4 is 0 Å². The molecule has 23 heavy (non-hydrogen) atoms. The van der Waals surface area contributed by atoms with E-state index in [2.05, 4.69) is 13.8 Å². The van der Waals surface area contributed by atoms with Crippen LogP contribution in [-0.4, -0.2) is 67.6 Å². The highest BCUT2D eigenvalue weighted by Gasteiger charge is 2.41. The molecule has 2 aliphatic rings. The second-order valence-electron chi connectivity index (χ2n) is 7.43. The molecular weight excluding hydrogens is 314 g/mol. The Kier molecular flexibility index (Phi) is 6.08. The van der Waals surface area contributed by atoms with Gasteiger partial charge in [-0.3, -0.25) is 4.79 Å². The monoisotopic (exact) mass is 345 g/mol. The van der Waals surface area contributed by atoms with Gasteiger partial charge in [-0.15, -0.1) is 0 Å². The zero-order valence-corrected chi connectivity index (χ0v) is 15.7. The highest BCUT2D eigenvalue weighted by atomic mass is 32.2. The summed E-state index contributed by atoms with van der Waals surface area (Å²) < 4.78 is 27.5. The molecule has 134 valence electrons. The first kappa shape index (κ1) is 18.7. The third-order valence-corrected chi connectivity index (χ3v) is 6.98. The lowest BCUT2D eigenvalue weighted by atomic mass is 9.84. The third kappa shape index (κ3) is 4.25. The van der Waals surface area contributed by atoms with E-state index in [-0.39, 0.29) is 17.9 Å². The van der Waals surface area contributed by atoms with Crippen LogP contribution >= 0.6 is 0 Å². The molecule has 2 rings (SSSR count). The van der Waals surface area contributed by atoms with Crippen molar-refractivity contribution >= 4 is 16.1 Å². The van der Waals surface area contributed by atoms with Gasteiger partial charge in [-0.05, 0) is 37.5 Å². The number of amides is 1. The molecule has 0 saturated carbocycles. The first-order valence-corrected chi connectivity index (χ1v) is 10.1. The number of likely N-dealkylation sites (tertiary alicyclic amines) is 1. The van der Waals surface area contributed by atoms with Crippen molar-refractivity contribution in [3.8, 4) is 0 Å². The van der Waals surface area contributed by atoms with E-state index in [1.165, 1.54) is 4.31 Å². The molecule has 0 aromatic heterocycles. The third-order valence-electron chi connectivity index (χ3n) is 5.07. The number of hydrogen-bond acceptors (Lipinski definition) is 3. The number of rotatable bonds is 5. The number of fused-ring (bicyclic) bond motifs is 1. The van der Waals surface area contributed by atoms with Crippen LogP contribution in [0.4, 0.5) is 0 Å². The van der Waals surface area contributed by atoms with E-state index in [4.69, 9.17) is 0 Å². The van der Waals surface area contributed by atoms with Crippen molar-refractivity contribution in [2.75, 3.05) is 33.7 Å². The second-order valence-corrected chi connectivity index (χ2v) is 9.57. The van der Waals surface area contributed by atoms with Gasteiger partial charge in [0.1, 0.15) is 0 Å². The zero-order valence-electron chi connectivity index (χ0n) is 14.9. The zero-order chi connectivity index (χ0) is 17.2. The number of piperidine rings is 2. The van der Waals surface area contributed by atoms with E-state index in [0.717, 1.165) is 32.2 Å². The van der Waals surface area contributed by atoms with Gasteiger partial charge >= 0.3 is 0 Å². The second kappa shape index (κ2) is 7.49. The lowest BCUT2D eigenvalue weighted by Crippen LogP contribution is -2.57. The van der Waals surface area contributed by atoms with Crippen molar-refractivity contribution in [1.29, 1.82) is 0 Å². The van der Waals surface area contributed by atoms with Gasteiger partial charge in [0.05, 0.1) is 0 Å². The molecule has 2 heterocycles. The summed E-state index contributed by atoms with van der Waals surface area (Å²) >= 11 is 0. The van der Waals surface area contributed by atoms with Crippen LogP contribution in [-0.2, 0) is 15.0 Å². The summed E-state index contributed by atoms with van der Waals surface area (Å²) in [5, 5.41) is 0. The van der Waals surface area contributed by atoms with Crippen LogP contribution in [0, 0.1) is 11.8 Å². The molecule has 2 saturated heterocycles. The molecule has 0 radical (unpaired) electrons. The van der Waals surface area contributed by atoms with E-state index >= 15 is 0 Å². The van der Waals surface area contributed by atoms with E-state index in [0.29, 0.717) is 25.4 Å². The number of carbonyl (C=O) groups is 1. The standard InChI is InChI=1S/C16H31N3O3S/c1-13(2)7-8-16(20)19-10-5-6-14-12-18(11-9-15(14)19)23(21,22)17(3)4/h13-15H,5-12H2,1-4H3/t14-,15+/m1/s1. The van der Waals surface area contributed by atoms with Crippen LogP contribution in [0.15, 0.2) is 0 Å². The van der Waals surface area contributed by atoms with Crippen LogP contribution in [0.1, 0.15) is 46.0 Å². The van der Waals surface area contributed by atoms with E-state index in [1.54, 1.807) is 18.4 Å². The fraction of sp³-hybridized carbons (Fsp3) is 0.938. The number of carbonyl (C=O) groups excluding carboxylic acids is 1. The van der Waals surface area contributed by atoms with Gasteiger partial charge in [0.25, 0.3) is 10.2 Å². The molecule has 0 aromatic rings. The summed E-state index contributed by atoms with van der Waals surface area (Å²) in [4.78, 5) is 14.6. The molecule has 7 heteroatoms. The fourth-order valence-corrected chi connectivity index (χ4v) is 4.85. The normalized spacial score (nSPS) is 26.6. The lowest BCUT2D eigenvalue weighted by Gasteiger charge is -2.47. The van der Waals surface area contributed by atoms with Crippen molar-refractivity contribution in [3.05, 3.63) is 0 Å². The van der Waals surface area contributed by atoms with Gasteiger partial charge in [0.2, 0.25) is 5.91 Å². The Morgan fingerprint density at radius 1 is 1.22 bits per heavy atom. The maximum absolute atomic E-state index is 12.5. The predicted molar refractivity (Wildman–Crippen MR) is 91.1 cm³/mol. The summed E-state index contributed by atoms with van der Waals surface area (Å²) in [5.41, 5.74) is 0. The first-order valence-electron chi connectivity index (χ1n) is 8.70. The Morgan fingerprint density at radius 3 is 2.52 bits per heavy atom. The summed E-state index contributed by atoms with van der Waals surface area (Å²) in [6.45, 7) is 6.15. The van der Waals surface area contributed by atoms with Crippen LogP contribution in [0.25, 0.3) is 0 Å². The molecule has 1 amide bonds. The van der Waals surface area contributed by atoms with Gasteiger partial charge < -0.3 is 4.90 Å². The van der Waals surface area contributed by atoms with Crippen LogP contribution in [0.2, 0.25) is 0 Å². The van der Waals surface area contributed by atoms with E-state index < -0.39 is 10.2 Å². The Morgan fingerprint density at radius 2 is 1.91 bits per heavy atom. The molecule has 0 aromatic carbocycles. The minimum Gasteiger partial charge on any atom is -0.339 e. The molecule has 6 nitrogen and oxygen atoms in total. The molecule has 2 atom stereocenters. The quantitative estimate of drug-likeness (QED) is 0.759. The summed E-state index contributed by atoms with van der Waals surface area (Å²) in [5.74, 6) is 1.05. The maximum atomic E-state index is 12.5. The van der Waals surface area contributed by atoms with E-state index in [1.807, 2.05) is 4.90 Å². The molecule has 2 aliphatic heterocycles. The summed E-state index contributed by atoms with van der Waals surface area (Å²) in [6.07, 6.45) is 4.28. The van der Waals surface area contributed by atoms with E-state index in [9.17, 15) is 13.2 Å². The number of hydrogen-bond donors (Lipinski definition) is 0. The van der Waals surface area contributed by atoms with Crippen LogP contribution in [0.5, 0.6) is 0 Å². The van der Waals surface area contributed by atoms with Gasteiger partial charge in [-0.1, -0.05) is 13.8 Å². The topological polar surface area (TPSA) is 60.9 Å². The van der Waals surface area contributed by atoms with Crippen molar-refractivity contribution in [1.82, 2.24) is 13.5 Å². The maximum Gasteiger partial charge on any atom is 0.281 e. The molecular formula is C16H31N3O3S. The van der Waals surface area contributed by atoms with Gasteiger partial charge in [0.15, 0.2) is 0 Å². The van der Waals surface area contributed by atoms with Crippen molar-refractivity contribution in [2.45, 2.75) is 52.0 Å². The predicted octanol–water partition coefficient (Wildman–Crippen LogP) is 1.54. The first-order chi connectivity index (χ1) is 10.7. The summed E-state index contributed by atoms with van der Waals surface area (Å²) in [6, 6.07) is 0.219. The SMILES string of the molecule is CC(C)CCC(=O)N1CCC[C@@H]2CN(S(=O)(=O)N(C)C)CC[C@@H]21. The molecule has 2 fully saturated rings. The molecule has 0 N–H and O–H groups in total. The Bertz CT molecular complexity index is 519. The van der Waals surface area contributed by atoms with Crippen molar-refractivity contribution in [3.63, 3.8) is 0 Å². The smallest absolute Gasteiger partial charge is 0.281 e. The molecule has 0 bridgehead atoms. The van der Waals surface area contributed by atoms with Crippen molar-refractivity contribution in [2.24, 2.45) is 11.8 Å². The fourth-order valence-electron chi connectivity index (χ4n) is 3.68. The molecule has 0 spiro atoms. The highest BCUT2D eigenvalue weighted by molar-refractivity contribution is 7.86. The molecule has 0 unspecified atom stereocenters. The molecule has 0 aliphatic carbocycles. The lowest BCUT2D eigenvalue weighted by molar-refractivity contribution is -0.138. The van der Waals surface area contributed by atoms with Gasteiger partial charge in [0, 0.05) is 46.2 Å². The van der Waals surface area contributed by atoms with Gasteiger partial charge in [-0.2, -0.15) is 17.0 Å². The largest absolute Gasteiger partial charge is 0.339 e. The van der Waals surface area contributed by atoms with Gasteiger partial charge in [-0.25, -0.2) is 0 Å². The number of nitrogens with zero attached hydrogens (tertiary/aromatic N) is 3. The average Bonchev–Trinajstić information content (AvgIpc) is 2.51. The summed E-state index contributed by atoms with van der Waals surface area (Å²) in [7, 11) is -0.200. The van der Waals surface area contributed by atoms with Crippen LogP contribution in [0.3, 0.4) is 0 Å². The van der Waals surface area contributed by atoms with Crippen molar-refractivity contribution < 1.29 is 13.2 Å². The Balaban J connectivity index is 2.02. The highest BCUT2D eigenvalue weighted by Crippen LogP contribution is 2.32. The average molecular weight is 346 g/mol.